The normalized spacial score (nSPS) is 15.0. The fraction of sp³-hybridized carbons (Fsp3) is 0.318. The van der Waals surface area contributed by atoms with Crippen LogP contribution in [0.25, 0.3) is 0 Å². The molecule has 0 atom stereocenters. The molecule has 2 aromatic carbocycles. The van der Waals surface area contributed by atoms with Gasteiger partial charge in [0.2, 0.25) is 5.01 Å². The quantitative estimate of drug-likeness (QED) is 0.607. The van der Waals surface area contributed by atoms with Gasteiger partial charge in [-0.25, -0.2) is 4.39 Å². The van der Waals surface area contributed by atoms with E-state index >= 15 is 0 Å². The molecule has 2 heterocycles. The lowest BCUT2D eigenvalue weighted by molar-refractivity contribution is 0.102. The number of amides is 1. The summed E-state index contributed by atoms with van der Waals surface area (Å²) in [6.07, 6.45) is 0. The van der Waals surface area contributed by atoms with E-state index in [9.17, 15) is 9.18 Å². The number of nitrogens with one attached hydrogen (secondary N) is 1. The Morgan fingerprint density at radius 3 is 2.45 bits per heavy atom. The van der Waals surface area contributed by atoms with Crippen LogP contribution in [0.4, 0.5) is 10.1 Å². The summed E-state index contributed by atoms with van der Waals surface area (Å²) in [5.74, 6) is -0.309. The number of carbonyl (C=O) groups excluding carboxylic acids is 1. The molecule has 9 heteroatoms. The van der Waals surface area contributed by atoms with Crippen molar-refractivity contribution in [1.29, 1.82) is 0 Å². The monoisotopic (exact) mass is 441 g/mol. The van der Waals surface area contributed by atoms with Gasteiger partial charge in [0.1, 0.15) is 5.01 Å². The Morgan fingerprint density at radius 2 is 1.77 bits per heavy atom. The van der Waals surface area contributed by atoms with E-state index < -0.39 is 0 Å². The number of piperazine rings is 1. The van der Waals surface area contributed by atoms with Crippen LogP contribution < -0.4 is 10.1 Å². The van der Waals surface area contributed by atoms with Gasteiger partial charge in [0, 0.05) is 38.4 Å². The molecule has 0 aliphatic carbocycles. The second-order valence-corrected chi connectivity index (χ2v) is 8.40. The number of benzene rings is 2. The van der Waals surface area contributed by atoms with Crippen molar-refractivity contribution in [3.8, 4) is 5.75 Å². The van der Waals surface area contributed by atoms with Crippen molar-refractivity contribution in [1.82, 2.24) is 20.0 Å². The van der Waals surface area contributed by atoms with Crippen LogP contribution in [0.2, 0.25) is 0 Å². The first-order chi connectivity index (χ1) is 15.1. The third kappa shape index (κ3) is 5.63. The first-order valence-electron chi connectivity index (χ1n) is 10.1. The van der Waals surface area contributed by atoms with E-state index in [4.69, 9.17) is 4.74 Å². The smallest absolute Gasteiger partial charge is 0.286 e. The van der Waals surface area contributed by atoms with Crippen LogP contribution in [0.15, 0.2) is 48.5 Å². The van der Waals surface area contributed by atoms with Gasteiger partial charge < -0.3 is 10.1 Å². The molecule has 4 rings (SSSR count). The van der Waals surface area contributed by atoms with E-state index in [0.717, 1.165) is 42.4 Å². The van der Waals surface area contributed by atoms with Crippen LogP contribution in [0.1, 0.15) is 20.4 Å². The number of anilines is 1. The highest BCUT2D eigenvalue weighted by molar-refractivity contribution is 7.13. The minimum atomic E-state index is -0.331. The standard InChI is InChI=1S/C22H24FN5O2S/c1-30-19-8-7-16(13-18(19)23)14-27-9-11-28(12-10-27)15-20-25-26-22(31-20)21(29)24-17-5-3-2-4-6-17/h2-8,13H,9-12,14-15H2,1H3,(H,24,29). The zero-order valence-electron chi connectivity index (χ0n) is 17.3. The molecule has 1 aliphatic heterocycles. The minimum absolute atomic E-state index is 0.244. The van der Waals surface area contributed by atoms with Crippen LogP contribution in [0.5, 0.6) is 5.75 Å². The first kappa shape index (κ1) is 21.4. The Bertz CT molecular complexity index is 1020. The van der Waals surface area contributed by atoms with Crippen LogP contribution in [0, 0.1) is 5.82 Å². The molecule has 1 fully saturated rings. The van der Waals surface area contributed by atoms with Crippen LogP contribution in [-0.2, 0) is 13.1 Å². The summed E-state index contributed by atoms with van der Waals surface area (Å²) in [7, 11) is 1.47. The molecular weight excluding hydrogens is 417 g/mol. The highest BCUT2D eigenvalue weighted by Crippen LogP contribution is 2.20. The molecule has 0 saturated carbocycles. The highest BCUT2D eigenvalue weighted by atomic mass is 32.1. The maximum absolute atomic E-state index is 13.9. The Morgan fingerprint density at radius 1 is 1.06 bits per heavy atom. The lowest BCUT2D eigenvalue weighted by atomic mass is 10.2. The van der Waals surface area contributed by atoms with Gasteiger partial charge in [0.05, 0.1) is 13.7 Å². The van der Waals surface area contributed by atoms with Gasteiger partial charge >= 0.3 is 0 Å². The van der Waals surface area contributed by atoms with E-state index in [1.807, 2.05) is 36.4 Å². The van der Waals surface area contributed by atoms with Gasteiger partial charge in [0.25, 0.3) is 5.91 Å². The zero-order valence-corrected chi connectivity index (χ0v) is 18.1. The number of rotatable bonds is 7. The molecule has 1 N–H and O–H groups in total. The third-order valence-corrected chi connectivity index (χ3v) is 6.05. The first-order valence-corrected chi connectivity index (χ1v) is 10.9. The van der Waals surface area contributed by atoms with Gasteiger partial charge in [-0.05, 0) is 29.8 Å². The highest BCUT2D eigenvalue weighted by Gasteiger charge is 2.20. The van der Waals surface area contributed by atoms with Crippen molar-refractivity contribution in [3.05, 3.63) is 69.9 Å². The number of hydrogen-bond acceptors (Lipinski definition) is 7. The lowest BCUT2D eigenvalue weighted by Crippen LogP contribution is -2.45. The molecule has 1 aliphatic rings. The molecule has 0 radical (unpaired) electrons. The summed E-state index contributed by atoms with van der Waals surface area (Å²) in [6, 6.07) is 14.4. The summed E-state index contributed by atoms with van der Waals surface area (Å²) in [5, 5.41) is 12.2. The molecular formula is C22H24FN5O2S. The third-order valence-electron chi connectivity index (χ3n) is 5.14. The Balaban J connectivity index is 1.25. The largest absolute Gasteiger partial charge is 0.494 e. The number of hydrogen-bond donors (Lipinski definition) is 1. The fourth-order valence-electron chi connectivity index (χ4n) is 3.48. The SMILES string of the molecule is COc1ccc(CN2CCN(Cc3nnc(C(=O)Nc4ccccc4)s3)CC2)cc1F. The molecule has 31 heavy (non-hydrogen) atoms. The topological polar surface area (TPSA) is 70.6 Å². The molecule has 1 amide bonds. The maximum atomic E-state index is 13.9. The predicted octanol–water partition coefficient (Wildman–Crippen LogP) is 3.26. The van der Waals surface area contributed by atoms with Crippen molar-refractivity contribution >= 4 is 22.9 Å². The van der Waals surface area contributed by atoms with Gasteiger partial charge in [-0.2, -0.15) is 0 Å². The molecule has 1 saturated heterocycles. The summed E-state index contributed by atoms with van der Waals surface area (Å²) in [6.45, 7) is 4.90. The van der Waals surface area contributed by atoms with Gasteiger partial charge in [-0.15, -0.1) is 10.2 Å². The van der Waals surface area contributed by atoms with E-state index in [-0.39, 0.29) is 17.5 Å². The average Bonchev–Trinajstić information content (AvgIpc) is 3.25. The van der Waals surface area contributed by atoms with E-state index in [1.54, 1.807) is 6.07 Å². The molecule has 3 aromatic rings. The second-order valence-electron chi connectivity index (χ2n) is 7.34. The molecule has 0 spiro atoms. The molecule has 0 unspecified atom stereocenters. The van der Waals surface area contributed by atoms with Crippen molar-refractivity contribution in [2.75, 3.05) is 38.6 Å². The summed E-state index contributed by atoms with van der Waals surface area (Å²) in [4.78, 5) is 16.9. The Labute approximate surface area is 184 Å². The number of carbonyl (C=O) groups is 1. The summed E-state index contributed by atoms with van der Waals surface area (Å²) in [5.41, 5.74) is 1.67. The second kappa shape index (κ2) is 9.95. The van der Waals surface area contributed by atoms with Crippen molar-refractivity contribution in [2.45, 2.75) is 13.1 Å². The van der Waals surface area contributed by atoms with Gasteiger partial charge in [-0.1, -0.05) is 35.6 Å². The number of para-hydroxylation sites is 1. The number of aromatic nitrogens is 2. The molecule has 7 nitrogen and oxygen atoms in total. The van der Waals surface area contributed by atoms with E-state index in [1.165, 1.54) is 24.5 Å². The van der Waals surface area contributed by atoms with Crippen LogP contribution >= 0.6 is 11.3 Å². The van der Waals surface area contributed by atoms with E-state index in [0.29, 0.717) is 18.1 Å². The summed E-state index contributed by atoms with van der Waals surface area (Å²) < 4.78 is 18.9. The lowest BCUT2D eigenvalue weighted by Gasteiger charge is -2.34. The average molecular weight is 442 g/mol. The van der Waals surface area contributed by atoms with Crippen molar-refractivity contribution in [2.24, 2.45) is 0 Å². The van der Waals surface area contributed by atoms with Crippen LogP contribution in [0.3, 0.4) is 0 Å². The molecule has 1 aromatic heterocycles. The fourth-order valence-corrected chi connectivity index (χ4v) is 4.26. The number of methoxy groups -OCH3 is 1. The zero-order chi connectivity index (χ0) is 21.6. The number of nitrogens with zero attached hydrogens (tertiary/aromatic N) is 4. The minimum Gasteiger partial charge on any atom is -0.494 e. The summed E-state index contributed by atoms with van der Waals surface area (Å²) >= 11 is 1.32. The number of halogens is 1. The predicted molar refractivity (Wildman–Crippen MR) is 118 cm³/mol. The Hall–Kier alpha value is -2.88. The maximum Gasteiger partial charge on any atom is 0.286 e. The Kier molecular flexibility index (Phi) is 6.86. The van der Waals surface area contributed by atoms with Crippen LogP contribution in [-0.4, -0.2) is 59.2 Å². The van der Waals surface area contributed by atoms with Crippen molar-refractivity contribution in [3.63, 3.8) is 0 Å². The van der Waals surface area contributed by atoms with E-state index in [2.05, 4.69) is 25.3 Å². The molecule has 0 bridgehead atoms. The number of ether oxygens (including phenoxy) is 1. The van der Waals surface area contributed by atoms with Gasteiger partial charge in [-0.3, -0.25) is 14.6 Å². The molecule has 162 valence electrons. The van der Waals surface area contributed by atoms with Crippen molar-refractivity contribution < 1.29 is 13.9 Å². The van der Waals surface area contributed by atoms with Gasteiger partial charge in [0.15, 0.2) is 11.6 Å².